The number of hydrogen-bond acceptors (Lipinski definition) is 5. The number of fused-ring (bicyclic) bond motifs is 1. The number of hydrogen-bond donors (Lipinski definition) is 0. The number of thioether (sulfide) groups is 1. The van der Waals surface area contributed by atoms with Crippen LogP contribution in [0.25, 0.3) is 10.9 Å². The SMILES string of the molecule is COCCCCn1c(C(=O)N(C(C)C)[C@@H]2CCCN(C(=O)OC(C)(C)C)C2)c(SC)c2cc(F)ccc21. The molecule has 1 aliphatic rings. The lowest BCUT2D eigenvalue weighted by Gasteiger charge is -2.41. The number of carbonyl (C=O) groups is 2. The number of methoxy groups -OCH3 is 1. The minimum Gasteiger partial charge on any atom is -0.444 e. The van der Waals surface area contributed by atoms with Gasteiger partial charge in [0.2, 0.25) is 0 Å². The first-order chi connectivity index (χ1) is 17.5. The lowest BCUT2D eigenvalue weighted by molar-refractivity contribution is 0.00727. The van der Waals surface area contributed by atoms with Crippen LogP contribution in [0.3, 0.4) is 0 Å². The van der Waals surface area contributed by atoms with E-state index in [0.29, 0.717) is 31.9 Å². The molecule has 0 unspecified atom stereocenters. The second-order valence-corrected chi connectivity index (χ2v) is 11.7. The molecule has 0 saturated carbocycles. The van der Waals surface area contributed by atoms with Crippen molar-refractivity contribution < 1.29 is 23.5 Å². The summed E-state index contributed by atoms with van der Waals surface area (Å²) in [6.07, 6.45) is 4.88. The van der Waals surface area contributed by atoms with Crippen LogP contribution in [0.1, 0.15) is 70.8 Å². The third-order valence-electron chi connectivity index (χ3n) is 6.60. The average Bonchev–Trinajstić information content (AvgIpc) is 3.13. The second-order valence-electron chi connectivity index (χ2n) is 10.9. The molecule has 2 amide bonds. The summed E-state index contributed by atoms with van der Waals surface area (Å²) >= 11 is 1.47. The van der Waals surface area contributed by atoms with Crippen molar-refractivity contribution in [3.63, 3.8) is 0 Å². The minimum absolute atomic E-state index is 0.0810. The van der Waals surface area contributed by atoms with Gasteiger partial charge in [-0.1, -0.05) is 0 Å². The number of piperidine rings is 1. The Morgan fingerprint density at radius 1 is 1.24 bits per heavy atom. The highest BCUT2D eigenvalue weighted by atomic mass is 32.2. The molecule has 206 valence electrons. The van der Waals surface area contributed by atoms with Gasteiger partial charge in [0.15, 0.2) is 0 Å². The first-order valence-electron chi connectivity index (χ1n) is 13.1. The maximum absolute atomic E-state index is 14.4. The smallest absolute Gasteiger partial charge is 0.410 e. The molecule has 37 heavy (non-hydrogen) atoms. The van der Waals surface area contributed by atoms with E-state index >= 15 is 0 Å². The first kappa shape index (κ1) is 29.3. The van der Waals surface area contributed by atoms with E-state index in [-0.39, 0.29) is 29.9 Å². The first-order valence-corrected chi connectivity index (χ1v) is 14.4. The third-order valence-corrected chi connectivity index (χ3v) is 7.42. The van der Waals surface area contributed by atoms with Crippen molar-refractivity contribution in [2.75, 3.05) is 33.1 Å². The molecule has 1 atom stereocenters. The van der Waals surface area contributed by atoms with E-state index in [2.05, 4.69) is 0 Å². The molecular weight excluding hydrogens is 493 g/mol. The standard InChI is InChI=1S/C28H42FN3O4S/c1-19(2)32(21-11-10-14-30(18-21)27(34)36-28(3,4)5)26(33)24-25(37-7)22-17-20(29)12-13-23(22)31(24)15-8-9-16-35-6/h12-13,17,19,21H,8-11,14-16,18H2,1-7H3/t21-/m1/s1. The van der Waals surface area contributed by atoms with Crippen LogP contribution in [-0.4, -0.2) is 77.1 Å². The Bertz CT molecular complexity index is 1100. The number of amides is 2. The largest absolute Gasteiger partial charge is 0.444 e. The van der Waals surface area contributed by atoms with Gasteiger partial charge in [-0.15, -0.1) is 11.8 Å². The highest BCUT2D eigenvalue weighted by molar-refractivity contribution is 7.99. The topological polar surface area (TPSA) is 64.0 Å². The van der Waals surface area contributed by atoms with E-state index < -0.39 is 5.60 Å². The Morgan fingerprint density at radius 3 is 2.59 bits per heavy atom. The van der Waals surface area contributed by atoms with E-state index in [1.807, 2.05) is 50.3 Å². The minimum atomic E-state index is -0.580. The van der Waals surface area contributed by atoms with Crippen LogP contribution >= 0.6 is 11.8 Å². The molecule has 1 saturated heterocycles. The number of halogens is 1. The number of unbranched alkanes of at least 4 members (excludes halogenated alkanes) is 1. The van der Waals surface area contributed by atoms with E-state index in [1.54, 1.807) is 18.1 Å². The maximum Gasteiger partial charge on any atom is 0.410 e. The van der Waals surface area contributed by atoms with Crippen molar-refractivity contribution in [3.8, 4) is 0 Å². The lowest BCUT2D eigenvalue weighted by Crippen LogP contribution is -2.54. The van der Waals surface area contributed by atoms with Gasteiger partial charge >= 0.3 is 6.09 Å². The summed E-state index contributed by atoms with van der Waals surface area (Å²) in [6.45, 7) is 11.9. The van der Waals surface area contributed by atoms with Gasteiger partial charge in [-0.25, -0.2) is 9.18 Å². The Balaban J connectivity index is 1.99. The van der Waals surface area contributed by atoms with Crippen molar-refractivity contribution in [2.45, 2.75) is 89.4 Å². The fourth-order valence-electron chi connectivity index (χ4n) is 5.08. The van der Waals surface area contributed by atoms with Crippen LogP contribution in [0.15, 0.2) is 23.1 Å². The van der Waals surface area contributed by atoms with Gasteiger partial charge in [-0.3, -0.25) is 4.79 Å². The Morgan fingerprint density at radius 2 is 1.97 bits per heavy atom. The van der Waals surface area contributed by atoms with Gasteiger partial charge in [0, 0.05) is 55.2 Å². The molecule has 9 heteroatoms. The van der Waals surface area contributed by atoms with Gasteiger partial charge in [0.25, 0.3) is 5.91 Å². The molecule has 2 aromatic rings. The molecule has 0 N–H and O–H groups in total. The number of carbonyl (C=O) groups excluding carboxylic acids is 2. The predicted octanol–water partition coefficient (Wildman–Crippen LogP) is 6.18. The van der Waals surface area contributed by atoms with Gasteiger partial charge in [0.05, 0.1) is 6.04 Å². The van der Waals surface area contributed by atoms with E-state index in [1.165, 1.54) is 23.9 Å². The van der Waals surface area contributed by atoms with Crippen LogP contribution in [-0.2, 0) is 16.0 Å². The molecule has 0 bridgehead atoms. The molecule has 1 aliphatic heterocycles. The number of rotatable bonds is 9. The molecule has 1 aromatic carbocycles. The fourth-order valence-corrected chi connectivity index (χ4v) is 5.86. The van der Waals surface area contributed by atoms with E-state index in [4.69, 9.17) is 9.47 Å². The summed E-state index contributed by atoms with van der Waals surface area (Å²) in [7, 11) is 1.68. The average molecular weight is 536 g/mol. The highest BCUT2D eigenvalue weighted by Crippen LogP contribution is 2.36. The summed E-state index contributed by atoms with van der Waals surface area (Å²) in [5, 5.41) is 0.755. The summed E-state index contributed by atoms with van der Waals surface area (Å²) in [5.74, 6) is -0.405. The Hall–Kier alpha value is -2.26. The monoisotopic (exact) mass is 535 g/mol. The third kappa shape index (κ3) is 6.99. The molecule has 1 aromatic heterocycles. The van der Waals surface area contributed by atoms with Gasteiger partial charge in [0.1, 0.15) is 17.1 Å². The molecule has 0 aliphatic carbocycles. The summed E-state index contributed by atoms with van der Waals surface area (Å²) in [6, 6.07) is 4.52. The number of aromatic nitrogens is 1. The molecule has 2 heterocycles. The highest BCUT2D eigenvalue weighted by Gasteiger charge is 2.36. The van der Waals surface area contributed by atoms with Crippen LogP contribution in [0.4, 0.5) is 9.18 Å². The molecule has 1 fully saturated rings. The normalized spacial score (nSPS) is 16.5. The Kier molecular flexibility index (Phi) is 9.92. The summed E-state index contributed by atoms with van der Waals surface area (Å²) < 4.78 is 27.2. The zero-order valence-electron chi connectivity index (χ0n) is 23.3. The van der Waals surface area contributed by atoms with Crippen molar-refractivity contribution in [1.82, 2.24) is 14.4 Å². The molecule has 0 spiro atoms. The van der Waals surface area contributed by atoms with E-state index in [0.717, 1.165) is 41.5 Å². The fraction of sp³-hybridized carbons (Fsp3) is 0.643. The van der Waals surface area contributed by atoms with Crippen LogP contribution in [0.2, 0.25) is 0 Å². The van der Waals surface area contributed by atoms with Gasteiger partial charge in [-0.2, -0.15) is 0 Å². The second kappa shape index (κ2) is 12.5. The maximum atomic E-state index is 14.4. The van der Waals surface area contributed by atoms with Crippen molar-refractivity contribution >= 4 is 34.7 Å². The zero-order chi connectivity index (χ0) is 27.3. The summed E-state index contributed by atoms with van der Waals surface area (Å²) in [4.78, 5) is 31.6. The summed E-state index contributed by atoms with van der Waals surface area (Å²) in [5.41, 5.74) is 0.868. The van der Waals surface area contributed by atoms with Gasteiger partial charge in [-0.05, 0) is 84.8 Å². The lowest BCUT2D eigenvalue weighted by atomic mass is 10.0. The van der Waals surface area contributed by atoms with Crippen LogP contribution in [0, 0.1) is 5.82 Å². The molecule has 7 nitrogen and oxygen atoms in total. The van der Waals surface area contributed by atoms with Crippen LogP contribution < -0.4 is 0 Å². The van der Waals surface area contributed by atoms with E-state index in [9.17, 15) is 14.0 Å². The molecule has 0 radical (unpaired) electrons. The number of likely N-dealkylation sites (tertiary alicyclic amines) is 1. The predicted molar refractivity (Wildman–Crippen MR) is 147 cm³/mol. The molecule has 3 rings (SSSR count). The van der Waals surface area contributed by atoms with Gasteiger partial charge < -0.3 is 23.8 Å². The van der Waals surface area contributed by atoms with Crippen molar-refractivity contribution in [3.05, 3.63) is 29.7 Å². The molecular formula is C28H42FN3O4S. The zero-order valence-corrected chi connectivity index (χ0v) is 24.1. The quantitative estimate of drug-likeness (QED) is 0.283. The number of nitrogens with zero attached hydrogens (tertiary/aromatic N) is 3. The van der Waals surface area contributed by atoms with Crippen LogP contribution in [0.5, 0.6) is 0 Å². The number of ether oxygens (including phenoxy) is 2. The number of aryl methyl sites for hydroxylation is 1. The Labute approximate surface area is 224 Å². The number of benzene rings is 1. The van der Waals surface area contributed by atoms with Crippen molar-refractivity contribution in [1.29, 1.82) is 0 Å². The van der Waals surface area contributed by atoms with Crippen molar-refractivity contribution in [2.24, 2.45) is 0 Å².